The SMILES string of the molecule is O[C@H](c1ccccc1)C1(CNC2CCC3(CC2)OCCO3)CC1. The van der Waals surface area contributed by atoms with Gasteiger partial charge in [0.1, 0.15) is 0 Å². The van der Waals surface area contributed by atoms with Gasteiger partial charge in [0.25, 0.3) is 0 Å². The summed E-state index contributed by atoms with van der Waals surface area (Å²) in [5.74, 6) is -0.279. The first-order chi connectivity index (χ1) is 11.2. The van der Waals surface area contributed by atoms with Crippen molar-refractivity contribution in [3.63, 3.8) is 0 Å². The van der Waals surface area contributed by atoms with Crippen LogP contribution in [-0.2, 0) is 9.47 Å². The first-order valence-corrected chi connectivity index (χ1v) is 8.96. The Labute approximate surface area is 138 Å². The molecule has 126 valence electrons. The van der Waals surface area contributed by atoms with Crippen LogP contribution in [0.15, 0.2) is 30.3 Å². The first kappa shape index (κ1) is 15.6. The molecule has 2 saturated carbocycles. The highest BCUT2D eigenvalue weighted by molar-refractivity contribution is 5.22. The number of nitrogens with one attached hydrogen (secondary N) is 1. The Morgan fingerprint density at radius 2 is 1.70 bits per heavy atom. The van der Waals surface area contributed by atoms with Crippen molar-refractivity contribution in [3.05, 3.63) is 35.9 Å². The predicted molar refractivity (Wildman–Crippen MR) is 88.0 cm³/mol. The average Bonchev–Trinajstić information content (AvgIpc) is 3.27. The Kier molecular flexibility index (Phi) is 4.18. The van der Waals surface area contributed by atoms with Gasteiger partial charge in [-0.3, -0.25) is 0 Å². The van der Waals surface area contributed by atoms with Gasteiger partial charge in [0.15, 0.2) is 5.79 Å². The third-order valence-corrected chi connectivity index (χ3v) is 5.89. The smallest absolute Gasteiger partial charge is 0.168 e. The van der Waals surface area contributed by atoms with Crippen LogP contribution in [0.1, 0.15) is 50.2 Å². The molecule has 1 aromatic rings. The molecule has 3 aliphatic rings. The Morgan fingerprint density at radius 1 is 1.04 bits per heavy atom. The number of aliphatic hydroxyl groups excluding tert-OH is 1. The molecule has 23 heavy (non-hydrogen) atoms. The lowest BCUT2D eigenvalue weighted by atomic mass is 9.88. The fourth-order valence-corrected chi connectivity index (χ4v) is 4.09. The topological polar surface area (TPSA) is 50.7 Å². The molecule has 4 heteroatoms. The fraction of sp³-hybridized carbons (Fsp3) is 0.684. The van der Waals surface area contributed by atoms with Gasteiger partial charge in [-0.1, -0.05) is 30.3 Å². The van der Waals surface area contributed by atoms with Gasteiger partial charge in [-0.05, 0) is 31.2 Å². The summed E-state index contributed by atoms with van der Waals surface area (Å²) >= 11 is 0. The molecule has 0 amide bonds. The van der Waals surface area contributed by atoms with Crippen molar-refractivity contribution in [2.24, 2.45) is 5.41 Å². The van der Waals surface area contributed by atoms with Gasteiger partial charge in [-0.15, -0.1) is 0 Å². The quantitative estimate of drug-likeness (QED) is 0.877. The molecule has 4 nitrogen and oxygen atoms in total. The van der Waals surface area contributed by atoms with Gasteiger partial charge in [-0.2, -0.15) is 0 Å². The number of hydrogen-bond donors (Lipinski definition) is 2. The van der Waals surface area contributed by atoms with Crippen molar-refractivity contribution in [1.29, 1.82) is 0 Å². The van der Waals surface area contributed by atoms with Crippen LogP contribution in [0.25, 0.3) is 0 Å². The molecule has 1 aliphatic heterocycles. The van der Waals surface area contributed by atoms with E-state index in [1.54, 1.807) is 0 Å². The van der Waals surface area contributed by atoms with Gasteiger partial charge in [-0.25, -0.2) is 0 Å². The third-order valence-electron chi connectivity index (χ3n) is 5.89. The average molecular weight is 317 g/mol. The minimum Gasteiger partial charge on any atom is -0.388 e. The number of benzene rings is 1. The van der Waals surface area contributed by atoms with Crippen molar-refractivity contribution in [1.82, 2.24) is 5.32 Å². The van der Waals surface area contributed by atoms with E-state index in [9.17, 15) is 5.11 Å². The maximum atomic E-state index is 10.7. The second-order valence-electron chi connectivity index (χ2n) is 7.44. The number of ether oxygens (including phenoxy) is 2. The van der Waals surface area contributed by atoms with Crippen molar-refractivity contribution < 1.29 is 14.6 Å². The predicted octanol–water partition coefficient (Wildman–Crippen LogP) is 2.78. The second kappa shape index (κ2) is 6.17. The minimum absolute atomic E-state index is 0.0385. The maximum Gasteiger partial charge on any atom is 0.168 e. The summed E-state index contributed by atoms with van der Waals surface area (Å²) in [5.41, 5.74) is 1.08. The van der Waals surface area contributed by atoms with Gasteiger partial charge >= 0.3 is 0 Å². The van der Waals surface area contributed by atoms with E-state index in [4.69, 9.17) is 9.47 Å². The summed E-state index contributed by atoms with van der Waals surface area (Å²) in [4.78, 5) is 0. The molecule has 0 aromatic heterocycles. The normalized spacial score (nSPS) is 27.2. The zero-order valence-electron chi connectivity index (χ0n) is 13.7. The molecule has 1 atom stereocenters. The van der Waals surface area contributed by atoms with Crippen LogP contribution in [0.2, 0.25) is 0 Å². The molecule has 0 unspecified atom stereocenters. The Hall–Kier alpha value is -0.940. The molecule has 1 aromatic carbocycles. The van der Waals surface area contributed by atoms with E-state index in [2.05, 4.69) is 5.32 Å². The molecule has 1 heterocycles. The van der Waals surface area contributed by atoms with Crippen LogP contribution in [0.5, 0.6) is 0 Å². The van der Waals surface area contributed by atoms with Crippen LogP contribution in [0, 0.1) is 5.41 Å². The van der Waals surface area contributed by atoms with E-state index in [0.717, 1.165) is 63.8 Å². The molecule has 1 spiro atoms. The summed E-state index contributed by atoms with van der Waals surface area (Å²) < 4.78 is 11.6. The van der Waals surface area contributed by atoms with E-state index in [-0.39, 0.29) is 17.3 Å². The highest BCUT2D eigenvalue weighted by atomic mass is 16.7. The number of hydrogen-bond acceptors (Lipinski definition) is 4. The van der Waals surface area contributed by atoms with E-state index < -0.39 is 0 Å². The molecular weight excluding hydrogens is 290 g/mol. The van der Waals surface area contributed by atoms with Gasteiger partial charge in [0, 0.05) is 30.8 Å². The Balaban J connectivity index is 1.29. The molecular formula is C19H27NO3. The first-order valence-electron chi connectivity index (χ1n) is 8.96. The Bertz CT molecular complexity index is 513. The minimum atomic E-state index is -0.354. The molecule has 0 bridgehead atoms. The lowest BCUT2D eigenvalue weighted by molar-refractivity contribution is -0.179. The van der Waals surface area contributed by atoms with Crippen LogP contribution in [0.4, 0.5) is 0 Å². The van der Waals surface area contributed by atoms with Crippen molar-refractivity contribution in [2.45, 2.75) is 56.5 Å². The van der Waals surface area contributed by atoms with Gasteiger partial charge < -0.3 is 19.9 Å². The summed E-state index contributed by atoms with van der Waals surface area (Å²) in [6, 6.07) is 10.6. The number of rotatable bonds is 5. The van der Waals surface area contributed by atoms with Crippen molar-refractivity contribution in [3.8, 4) is 0 Å². The monoisotopic (exact) mass is 317 g/mol. The third kappa shape index (κ3) is 3.18. The maximum absolute atomic E-state index is 10.7. The summed E-state index contributed by atoms with van der Waals surface area (Å²) in [5, 5.41) is 14.4. The summed E-state index contributed by atoms with van der Waals surface area (Å²) in [6.07, 6.45) is 6.03. The van der Waals surface area contributed by atoms with Gasteiger partial charge in [0.2, 0.25) is 0 Å². The molecule has 2 N–H and O–H groups in total. The zero-order valence-corrected chi connectivity index (χ0v) is 13.7. The van der Waals surface area contributed by atoms with Gasteiger partial charge in [0.05, 0.1) is 19.3 Å². The van der Waals surface area contributed by atoms with Crippen LogP contribution in [-0.4, -0.2) is 36.7 Å². The van der Waals surface area contributed by atoms with Crippen LogP contribution < -0.4 is 5.32 Å². The zero-order chi connectivity index (χ0) is 15.8. The molecule has 2 aliphatic carbocycles. The van der Waals surface area contributed by atoms with E-state index >= 15 is 0 Å². The lowest BCUT2D eigenvalue weighted by Crippen LogP contribution is -2.44. The second-order valence-corrected chi connectivity index (χ2v) is 7.44. The largest absolute Gasteiger partial charge is 0.388 e. The molecule has 3 fully saturated rings. The van der Waals surface area contributed by atoms with E-state index in [1.165, 1.54) is 0 Å². The highest BCUT2D eigenvalue weighted by Gasteiger charge is 2.49. The molecule has 1 saturated heterocycles. The molecule has 4 rings (SSSR count). The van der Waals surface area contributed by atoms with Crippen molar-refractivity contribution >= 4 is 0 Å². The van der Waals surface area contributed by atoms with Crippen LogP contribution >= 0.6 is 0 Å². The standard InChI is InChI=1S/C19H27NO3/c21-17(15-4-2-1-3-5-15)18(10-11-18)14-20-16-6-8-19(9-7-16)22-12-13-23-19/h1-5,16-17,20-21H,6-14H2/t17-/m1/s1. The fourth-order valence-electron chi connectivity index (χ4n) is 4.09. The summed E-state index contributed by atoms with van der Waals surface area (Å²) in [6.45, 7) is 2.39. The summed E-state index contributed by atoms with van der Waals surface area (Å²) in [7, 11) is 0. The van der Waals surface area contributed by atoms with Crippen LogP contribution in [0.3, 0.4) is 0 Å². The molecule has 0 radical (unpaired) electrons. The lowest BCUT2D eigenvalue weighted by Gasteiger charge is -2.36. The Morgan fingerprint density at radius 3 is 2.30 bits per heavy atom. The van der Waals surface area contributed by atoms with E-state index in [1.807, 2.05) is 30.3 Å². The highest BCUT2D eigenvalue weighted by Crippen LogP contribution is 2.54. The number of aliphatic hydroxyl groups is 1. The van der Waals surface area contributed by atoms with E-state index in [0.29, 0.717) is 6.04 Å². The van der Waals surface area contributed by atoms with Crippen molar-refractivity contribution in [2.75, 3.05) is 19.8 Å².